The van der Waals surface area contributed by atoms with Gasteiger partial charge in [-0.15, -0.1) is 10.2 Å². The monoisotopic (exact) mass is 287 g/mol. The maximum Gasteiger partial charge on any atom is 0.225 e. The van der Waals surface area contributed by atoms with Gasteiger partial charge in [-0.05, 0) is 24.3 Å². The molecule has 1 heterocycles. The Morgan fingerprint density at radius 1 is 1.29 bits per heavy atom. The van der Waals surface area contributed by atoms with Crippen molar-refractivity contribution in [3.8, 4) is 11.4 Å². The van der Waals surface area contributed by atoms with Crippen LogP contribution in [0.5, 0.6) is 0 Å². The van der Waals surface area contributed by atoms with Gasteiger partial charge in [-0.3, -0.25) is 4.79 Å². The molecule has 0 fully saturated rings. The fourth-order valence-corrected chi connectivity index (χ4v) is 1.95. The van der Waals surface area contributed by atoms with Gasteiger partial charge in [-0.2, -0.15) is 0 Å². The molecular formula is C15H21N5O. The van der Waals surface area contributed by atoms with Crippen LogP contribution in [0.25, 0.3) is 11.4 Å². The molecule has 2 rings (SSSR count). The molecule has 1 amide bonds. The Morgan fingerprint density at radius 2 is 2.00 bits per heavy atom. The number of amides is 1. The van der Waals surface area contributed by atoms with Crippen molar-refractivity contribution in [1.82, 2.24) is 20.1 Å². The van der Waals surface area contributed by atoms with Gasteiger partial charge in [0, 0.05) is 37.3 Å². The fraction of sp³-hybridized carbons (Fsp3) is 0.400. The van der Waals surface area contributed by atoms with Crippen LogP contribution in [0.4, 0.5) is 5.69 Å². The number of benzene rings is 1. The van der Waals surface area contributed by atoms with E-state index in [0.717, 1.165) is 17.1 Å². The lowest BCUT2D eigenvalue weighted by atomic mass is 10.2. The Bertz CT molecular complexity index is 588. The zero-order chi connectivity index (χ0) is 15.2. The van der Waals surface area contributed by atoms with Crippen LogP contribution in [0.1, 0.15) is 20.3 Å². The predicted octanol–water partition coefficient (Wildman–Crippen LogP) is 1.81. The second-order valence-corrected chi connectivity index (χ2v) is 5.25. The number of aryl methyl sites for hydroxylation is 1. The topological polar surface area (TPSA) is 71.8 Å². The van der Waals surface area contributed by atoms with Gasteiger partial charge >= 0.3 is 0 Å². The lowest BCUT2D eigenvalue weighted by Crippen LogP contribution is -2.27. The minimum atomic E-state index is 0.00885. The fourth-order valence-electron chi connectivity index (χ4n) is 1.95. The standard InChI is InChI=1S/C15H21N5O/c1-11(2)16-9-8-14(21)18-13-6-4-12(5-7-13)15-19-17-10-20(15)3/h4-7,10-11,16H,8-9H2,1-3H3,(H,18,21). The Labute approximate surface area is 124 Å². The average Bonchev–Trinajstić information content (AvgIpc) is 2.85. The van der Waals surface area contributed by atoms with E-state index in [9.17, 15) is 4.79 Å². The number of hydrogen-bond donors (Lipinski definition) is 2. The van der Waals surface area contributed by atoms with Crippen LogP contribution in [-0.2, 0) is 11.8 Å². The predicted molar refractivity (Wildman–Crippen MR) is 82.8 cm³/mol. The molecule has 2 N–H and O–H groups in total. The van der Waals surface area contributed by atoms with Gasteiger partial charge < -0.3 is 15.2 Å². The van der Waals surface area contributed by atoms with E-state index < -0.39 is 0 Å². The minimum absolute atomic E-state index is 0.00885. The van der Waals surface area contributed by atoms with Crippen LogP contribution in [0.3, 0.4) is 0 Å². The van der Waals surface area contributed by atoms with Gasteiger partial charge in [-0.1, -0.05) is 13.8 Å². The second-order valence-electron chi connectivity index (χ2n) is 5.25. The summed E-state index contributed by atoms with van der Waals surface area (Å²) in [6, 6.07) is 7.98. The molecule has 2 aromatic rings. The highest BCUT2D eigenvalue weighted by Crippen LogP contribution is 2.18. The number of nitrogens with zero attached hydrogens (tertiary/aromatic N) is 3. The Morgan fingerprint density at radius 3 is 2.57 bits per heavy atom. The maximum atomic E-state index is 11.8. The summed E-state index contributed by atoms with van der Waals surface area (Å²) in [5.41, 5.74) is 1.75. The Balaban J connectivity index is 1.91. The smallest absolute Gasteiger partial charge is 0.225 e. The summed E-state index contributed by atoms with van der Waals surface area (Å²) in [6.45, 7) is 4.80. The molecule has 0 saturated heterocycles. The third kappa shape index (κ3) is 4.39. The summed E-state index contributed by atoms with van der Waals surface area (Å²) in [7, 11) is 1.90. The van der Waals surface area contributed by atoms with Crippen molar-refractivity contribution in [2.45, 2.75) is 26.3 Å². The molecule has 0 aliphatic heterocycles. The van der Waals surface area contributed by atoms with Gasteiger partial charge in [0.2, 0.25) is 5.91 Å². The summed E-state index contributed by atoms with van der Waals surface area (Å²) >= 11 is 0. The van der Waals surface area contributed by atoms with Crippen LogP contribution in [0.2, 0.25) is 0 Å². The molecule has 0 aliphatic rings. The van der Waals surface area contributed by atoms with E-state index in [0.29, 0.717) is 19.0 Å². The van der Waals surface area contributed by atoms with Gasteiger partial charge in [0.1, 0.15) is 6.33 Å². The highest BCUT2D eigenvalue weighted by atomic mass is 16.1. The molecule has 0 saturated carbocycles. The van der Waals surface area contributed by atoms with E-state index in [1.165, 1.54) is 0 Å². The zero-order valence-electron chi connectivity index (χ0n) is 12.6. The van der Waals surface area contributed by atoms with E-state index >= 15 is 0 Å². The van der Waals surface area contributed by atoms with Crippen LogP contribution >= 0.6 is 0 Å². The quantitative estimate of drug-likeness (QED) is 0.850. The molecule has 1 aromatic carbocycles. The average molecular weight is 287 g/mol. The molecule has 0 radical (unpaired) electrons. The summed E-state index contributed by atoms with van der Waals surface area (Å²) < 4.78 is 1.85. The number of hydrogen-bond acceptors (Lipinski definition) is 4. The number of rotatable bonds is 6. The van der Waals surface area contributed by atoms with Gasteiger partial charge in [0.05, 0.1) is 0 Å². The summed E-state index contributed by atoms with van der Waals surface area (Å²) in [6.07, 6.45) is 2.12. The molecule has 21 heavy (non-hydrogen) atoms. The highest BCUT2D eigenvalue weighted by Gasteiger charge is 2.06. The molecular weight excluding hydrogens is 266 g/mol. The first-order valence-corrected chi connectivity index (χ1v) is 7.04. The van der Waals surface area contributed by atoms with Crippen molar-refractivity contribution in [2.24, 2.45) is 7.05 Å². The van der Waals surface area contributed by atoms with Gasteiger partial charge in [0.15, 0.2) is 5.82 Å². The van der Waals surface area contributed by atoms with Crippen molar-refractivity contribution < 1.29 is 4.79 Å². The SMILES string of the molecule is CC(C)NCCC(=O)Nc1ccc(-c2nncn2C)cc1. The first kappa shape index (κ1) is 15.2. The summed E-state index contributed by atoms with van der Waals surface area (Å²) in [4.78, 5) is 11.8. The minimum Gasteiger partial charge on any atom is -0.326 e. The second kappa shape index (κ2) is 6.99. The molecule has 6 nitrogen and oxygen atoms in total. The molecule has 112 valence electrons. The van der Waals surface area contributed by atoms with Crippen molar-refractivity contribution in [3.05, 3.63) is 30.6 Å². The van der Waals surface area contributed by atoms with Crippen molar-refractivity contribution >= 4 is 11.6 Å². The third-order valence-electron chi connectivity index (χ3n) is 3.04. The third-order valence-corrected chi connectivity index (χ3v) is 3.04. The van der Waals surface area contributed by atoms with E-state index in [1.807, 2.05) is 35.9 Å². The highest BCUT2D eigenvalue weighted by molar-refractivity contribution is 5.91. The molecule has 0 spiro atoms. The first-order chi connectivity index (χ1) is 10.1. The Hall–Kier alpha value is -2.21. The largest absolute Gasteiger partial charge is 0.326 e. The zero-order valence-corrected chi connectivity index (χ0v) is 12.6. The van der Waals surface area contributed by atoms with Crippen molar-refractivity contribution in [3.63, 3.8) is 0 Å². The number of anilines is 1. The molecule has 0 unspecified atom stereocenters. The summed E-state index contributed by atoms with van der Waals surface area (Å²) in [5, 5.41) is 14.0. The number of carbonyl (C=O) groups is 1. The molecule has 0 bridgehead atoms. The van der Waals surface area contributed by atoms with E-state index in [-0.39, 0.29) is 5.91 Å². The van der Waals surface area contributed by atoms with E-state index in [4.69, 9.17) is 0 Å². The van der Waals surface area contributed by atoms with Gasteiger partial charge in [0.25, 0.3) is 0 Å². The Kier molecular flexibility index (Phi) is 5.05. The van der Waals surface area contributed by atoms with Crippen LogP contribution in [-0.4, -0.2) is 33.3 Å². The normalized spacial score (nSPS) is 10.9. The number of nitrogens with one attached hydrogen (secondary N) is 2. The number of carbonyl (C=O) groups excluding carboxylic acids is 1. The summed E-state index contributed by atoms with van der Waals surface area (Å²) in [5.74, 6) is 0.809. The van der Waals surface area contributed by atoms with Gasteiger partial charge in [-0.25, -0.2) is 0 Å². The van der Waals surface area contributed by atoms with Crippen LogP contribution in [0, 0.1) is 0 Å². The van der Waals surface area contributed by atoms with Crippen molar-refractivity contribution in [1.29, 1.82) is 0 Å². The maximum absolute atomic E-state index is 11.8. The first-order valence-electron chi connectivity index (χ1n) is 7.04. The lowest BCUT2D eigenvalue weighted by molar-refractivity contribution is -0.116. The van der Waals surface area contributed by atoms with Crippen LogP contribution < -0.4 is 10.6 Å². The molecule has 1 aromatic heterocycles. The number of aromatic nitrogens is 3. The lowest BCUT2D eigenvalue weighted by Gasteiger charge is -2.09. The van der Waals surface area contributed by atoms with E-state index in [2.05, 4.69) is 34.7 Å². The molecule has 6 heteroatoms. The van der Waals surface area contributed by atoms with Crippen molar-refractivity contribution in [2.75, 3.05) is 11.9 Å². The molecule has 0 atom stereocenters. The van der Waals surface area contributed by atoms with E-state index in [1.54, 1.807) is 6.33 Å². The molecule has 0 aliphatic carbocycles. The van der Waals surface area contributed by atoms with Crippen LogP contribution in [0.15, 0.2) is 30.6 Å².